The molecule has 2 rings (SSSR count). The minimum Gasteiger partial charge on any atom is -0.507 e. The molecule has 1 heterocycles. The number of carbonyl (C=O) groups is 7. The first-order chi connectivity index (χ1) is 21.9. The van der Waals surface area contributed by atoms with E-state index >= 15 is 0 Å². The number of hydrogen-bond acceptors (Lipinski definition) is 14. The Bertz CT molecular complexity index is 1370. The molecule has 11 N–H and O–H groups in total. The third kappa shape index (κ3) is 11.4. The van der Waals surface area contributed by atoms with E-state index in [-0.39, 0.29) is 16.9 Å². The molecule has 1 aromatic rings. The number of Topliss-reactive ketones (excluding diaryl/α,β-unsaturated/α-hetero) is 1. The number of nitrogens with one attached hydrogen (secondary N) is 2. The van der Waals surface area contributed by atoms with Crippen LogP contribution in [0.25, 0.3) is 0 Å². The van der Waals surface area contributed by atoms with Crippen LogP contribution < -0.4 is 21.1 Å². The summed E-state index contributed by atoms with van der Waals surface area (Å²) in [5.41, 5.74) is 5.15. The van der Waals surface area contributed by atoms with E-state index in [0.29, 0.717) is 11.8 Å². The van der Waals surface area contributed by atoms with Crippen molar-refractivity contribution in [1.29, 1.82) is 0 Å². The van der Waals surface area contributed by atoms with Gasteiger partial charge in [0, 0.05) is 30.1 Å². The molecule has 1 saturated heterocycles. The van der Waals surface area contributed by atoms with Crippen LogP contribution in [-0.4, -0.2) is 126 Å². The van der Waals surface area contributed by atoms with Crippen molar-refractivity contribution in [2.45, 2.75) is 74.2 Å². The van der Waals surface area contributed by atoms with Gasteiger partial charge in [-0.2, -0.15) is 0 Å². The summed E-state index contributed by atoms with van der Waals surface area (Å²) < 4.78 is 11.0. The number of benzene rings is 1. The lowest BCUT2D eigenvalue weighted by Crippen LogP contribution is -2.57. The van der Waals surface area contributed by atoms with Crippen molar-refractivity contribution in [3.63, 3.8) is 0 Å². The Hall–Kier alpha value is -4.50. The molecule has 7 atom stereocenters. The standard InChI is InChI=1S/C27H35N3O16S/c1-10-20(38)22(26(43)44)46-27(21(10)39)45-16-7-11(14(31)3-5-18(34)35)6-15(32)23(16)47-9-13(24(40)29-8-19(36)37)30-17(33)4-2-12(28)25(41)42/h6-7,10,12-13,20-22,27,32,38-39H,2-5,8-9,28H2,1H3,(H,29,40)(H,30,33)(H,34,35)(H,36,37)(H,41,42)(H,43,44)/t10-,12?,13?,20-,21+,22?,27?/m0/s1. The lowest BCUT2D eigenvalue weighted by atomic mass is 9.90. The maximum Gasteiger partial charge on any atom is 0.335 e. The van der Waals surface area contributed by atoms with E-state index in [9.17, 15) is 54.0 Å². The minimum absolute atomic E-state index is 0.237. The number of amides is 2. The number of aliphatic hydroxyl groups excluding tert-OH is 2. The highest BCUT2D eigenvalue weighted by Gasteiger charge is 2.47. The zero-order valence-corrected chi connectivity index (χ0v) is 25.5. The number of carboxylic acids is 4. The second kappa shape index (κ2) is 17.4. The van der Waals surface area contributed by atoms with E-state index in [2.05, 4.69) is 10.6 Å². The molecule has 0 radical (unpaired) electrons. The number of aliphatic hydroxyl groups is 2. The molecule has 20 heteroatoms. The summed E-state index contributed by atoms with van der Waals surface area (Å²) in [4.78, 5) is 82.3. The fourth-order valence-electron chi connectivity index (χ4n) is 4.12. The lowest BCUT2D eigenvalue weighted by Gasteiger charge is -2.39. The second-order valence-electron chi connectivity index (χ2n) is 10.4. The fourth-order valence-corrected chi connectivity index (χ4v) is 5.14. The molecule has 0 spiro atoms. The lowest BCUT2D eigenvalue weighted by molar-refractivity contribution is -0.255. The summed E-state index contributed by atoms with van der Waals surface area (Å²) in [6, 6.07) is -0.890. The molecule has 2 amide bonds. The molecule has 260 valence electrons. The number of aromatic hydroxyl groups is 1. The molecule has 4 unspecified atom stereocenters. The average Bonchev–Trinajstić information content (AvgIpc) is 2.99. The Morgan fingerprint density at radius 2 is 1.64 bits per heavy atom. The van der Waals surface area contributed by atoms with E-state index in [1.165, 1.54) is 6.92 Å². The van der Waals surface area contributed by atoms with Gasteiger partial charge in [-0.15, -0.1) is 11.8 Å². The summed E-state index contributed by atoms with van der Waals surface area (Å²) in [6.07, 6.45) is -8.71. The normalized spacial score (nSPS) is 21.9. The van der Waals surface area contributed by atoms with Gasteiger partial charge in [0.15, 0.2) is 11.9 Å². The molecule has 1 aromatic carbocycles. The van der Waals surface area contributed by atoms with Gasteiger partial charge in [-0.3, -0.25) is 28.8 Å². The number of nitrogens with two attached hydrogens (primary N) is 1. The van der Waals surface area contributed by atoms with Gasteiger partial charge in [-0.1, -0.05) is 6.92 Å². The molecule has 1 fully saturated rings. The Morgan fingerprint density at radius 1 is 0.979 bits per heavy atom. The first-order valence-corrected chi connectivity index (χ1v) is 14.8. The van der Waals surface area contributed by atoms with Crippen molar-refractivity contribution in [2.75, 3.05) is 12.3 Å². The van der Waals surface area contributed by atoms with Crippen LogP contribution in [-0.2, 0) is 33.5 Å². The maximum atomic E-state index is 12.8. The molecule has 0 aromatic heterocycles. The van der Waals surface area contributed by atoms with Crippen LogP contribution in [0, 0.1) is 5.92 Å². The van der Waals surface area contributed by atoms with Gasteiger partial charge in [-0.25, -0.2) is 4.79 Å². The maximum absolute atomic E-state index is 12.8. The van der Waals surface area contributed by atoms with Gasteiger partial charge >= 0.3 is 23.9 Å². The number of thioether (sulfide) groups is 1. The first kappa shape index (κ1) is 38.7. The SMILES string of the molecule is C[C@H]1[C@H](O)C(C(=O)O)OC(Oc2cc(C(=O)CCC(=O)O)cc(O)c2SCC(NC(=O)CCC(N)C(=O)O)C(=O)NCC(=O)O)[C@@H]1O. The van der Waals surface area contributed by atoms with Crippen LogP contribution in [0.2, 0.25) is 0 Å². The number of carboxylic acid groups (broad SMARTS) is 4. The molecule has 47 heavy (non-hydrogen) atoms. The molecule has 1 aliphatic rings. The summed E-state index contributed by atoms with van der Waals surface area (Å²) in [5.74, 6) is -10.8. The highest BCUT2D eigenvalue weighted by Crippen LogP contribution is 2.41. The van der Waals surface area contributed by atoms with E-state index < -0.39 is 127 Å². The van der Waals surface area contributed by atoms with E-state index in [1.54, 1.807) is 0 Å². The van der Waals surface area contributed by atoms with Crippen molar-refractivity contribution in [3.05, 3.63) is 17.7 Å². The van der Waals surface area contributed by atoms with Crippen LogP contribution in [0.1, 0.15) is 43.0 Å². The third-order valence-corrected chi connectivity index (χ3v) is 8.02. The van der Waals surface area contributed by atoms with E-state index in [1.807, 2.05) is 0 Å². The van der Waals surface area contributed by atoms with Crippen LogP contribution >= 0.6 is 11.8 Å². The fraction of sp³-hybridized carbons (Fsp3) is 0.519. The molecule has 0 saturated carbocycles. The summed E-state index contributed by atoms with van der Waals surface area (Å²) in [7, 11) is 0. The Labute approximate surface area is 270 Å². The van der Waals surface area contributed by atoms with Gasteiger partial charge in [0.05, 0.1) is 17.4 Å². The van der Waals surface area contributed by atoms with Crippen molar-refractivity contribution >= 4 is 53.2 Å². The molecule has 0 bridgehead atoms. The molecule has 19 nitrogen and oxygen atoms in total. The van der Waals surface area contributed by atoms with Gasteiger partial charge in [0.1, 0.15) is 36.2 Å². The van der Waals surface area contributed by atoms with Gasteiger partial charge in [0.25, 0.3) is 0 Å². The number of carbonyl (C=O) groups excluding carboxylic acids is 3. The van der Waals surface area contributed by atoms with Gasteiger partial charge in [-0.05, 0) is 18.6 Å². The van der Waals surface area contributed by atoms with E-state index in [4.69, 9.17) is 30.5 Å². The number of phenols is 1. The summed E-state index contributed by atoms with van der Waals surface area (Å²) in [6.45, 7) is 0.480. The molecular formula is C27H35N3O16S. The number of rotatable bonds is 18. The second-order valence-corrected chi connectivity index (χ2v) is 11.4. The van der Waals surface area contributed by atoms with Crippen molar-refractivity contribution in [1.82, 2.24) is 10.6 Å². The van der Waals surface area contributed by atoms with Crippen LogP contribution in [0.5, 0.6) is 11.5 Å². The zero-order chi connectivity index (χ0) is 35.6. The zero-order valence-electron chi connectivity index (χ0n) is 24.7. The average molecular weight is 690 g/mol. The Balaban J connectivity index is 2.45. The molecule has 0 aliphatic carbocycles. The van der Waals surface area contributed by atoms with Crippen molar-refractivity contribution in [3.8, 4) is 11.5 Å². The first-order valence-electron chi connectivity index (χ1n) is 13.9. The van der Waals surface area contributed by atoms with E-state index in [0.717, 1.165) is 12.1 Å². The van der Waals surface area contributed by atoms with Crippen LogP contribution in [0.3, 0.4) is 0 Å². The van der Waals surface area contributed by atoms with Crippen molar-refractivity contribution < 1.29 is 78.8 Å². The highest BCUT2D eigenvalue weighted by atomic mass is 32.2. The number of aliphatic carboxylic acids is 4. The summed E-state index contributed by atoms with van der Waals surface area (Å²) in [5, 5.41) is 72.4. The highest BCUT2D eigenvalue weighted by molar-refractivity contribution is 7.99. The third-order valence-electron chi connectivity index (χ3n) is 6.82. The van der Waals surface area contributed by atoms with Crippen molar-refractivity contribution in [2.24, 2.45) is 11.7 Å². The largest absolute Gasteiger partial charge is 0.507 e. The van der Waals surface area contributed by atoms with Crippen LogP contribution in [0.15, 0.2) is 17.0 Å². The monoisotopic (exact) mass is 689 g/mol. The number of hydrogen-bond donors (Lipinski definition) is 10. The van der Waals surface area contributed by atoms with Gasteiger partial charge < -0.3 is 61.6 Å². The quantitative estimate of drug-likeness (QED) is 0.0586. The molecule has 1 aliphatic heterocycles. The Morgan fingerprint density at radius 3 is 2.21 bits per heavy atom. The topological polar surface area (TPSA) is 330 Å². The predicted octanol–water partition coefficient (Wildman–Crippen LogP) is -2.04. The Kier molecular flexibility index (Phi) is 14.3. The minimum atomic E-state index is -1.85. The number of ether oxygens (including phenoxy) is 2. The van der Waals surface area contributed by atoms with Crippen LogP contribution in [0.4, 0.5) is 0 Å². The number of phenolic OH excluding ortho intramolecular Hbond substituents is 1. The predicted molar refractivity (Wildman–Crippen MR) is 156 cm³/mol. The molecular weight excluding hydrogens is 654 g/mol. The number of ketones is 1. The smallest absolute Gasteiger partial charge is 0.335 e. The van der Waals surface area contributed by atoms with Gasteiger partial charge in [0.2, 0.25) is 18.1 Å². The summed E-state index contributed by atoms with van der Waals surface area (Å²) >= 11 is 0.627.